The number of nitrogens with one attached hydrogen (secondary N) is 1. The summed E-state index contributed by atoms with van der Waals surface area (Å²) in [5.74, 6) is -0.270. The van der Waals surface area contributed by atoms with Crippen LogP contribution in [0.2, 0.25) is 0 Å². The highest BCUT2D eigenvalue weighted by Gasteiger charge is 1.90. The molecular weight excluding hydrogens is 193 g/mol. The van der Waals surface area contributed by atoms with Gasteiger partial charge in [0.2, 0.25) is 5.91 Å². The van der Waals surface area contributed by atoms with E-state index in [1.807, 2.05) is 18.2 Å². The number of carbonyl (C=O) groups is 1. The molecule has 0 radical (unpaired) electrons. The Hall–Kier alpha value is -1.64. The van der Waals surface area contributed by atoms with Crippen molar-refractivity contribution in [3.63, 3.8) is 0 Å². The normalized spacial score (nSPS) is 10.5. The molecule has 1 aromatic carbocycles. The molecule has 80 valence electrons. The lowest BCUT2D eigenvalue weighted by molar-refractivity contribution is -0.118. The first-order chi connectivity index (χ1) is 7.18. The zero-order valence-electron chi connectivity index (χ0n) is 8.66. The number of rotatable bonds is 4. The number of carbonyl (C=O) groups excluding carboxylic acids is 1. The van der Waals surface area contributed by atoms with Gasteiger partial charge in [-0.1, -0.05) is 24.3 Å². The van der Waals surface area contributed by atoms with Crippen molar-refractivity contribution in [2.45, 2.75) is 13.3 Å². The van der Waals surface area contributed by atoms with Crippen LogP contribution in [-0.2, 0) is 4.79 Å². The summed E-state index contributed by atoms with van der Waals surface area (Å²) in [6.07, 6.45) is 4.49. The number of hydrogen-bond acceptors (Lipinski definition) is 1. The lowest BCUT2D eigenvalue weighted by atomic mass is 10.2. The van der Waals surface area contributed by atoms with Crippen LogP contribution < -0.4 is 5.32 Å². The summed E-state index contributed by atoms with van der Waals surface area (Å²) in [4.78, 5) is 10.5. The van der Waals surface area contributed by atoms with Gasteiger partial charge < -0.3 is 5.32 Å². The Bertz CT molecular complexity index is 360. The van der Waals surface area contributed by atoms with E-state index in [0.717, 1.165) is 12.0 Å². The SMILES string of the molecule is CC(=O)NCCC=Cc1cccc(F)c1. The molecule has 0 fully saturated rings. The van der Waals surface area contributed by atoms with Gasteiger partial charge in [0.05, 0.1) is 0 Å². The van der Waals surface area contributed by atoms with Crippen molar-refractivity contribution >= 4 is 12.0 Å². The first kappa shape index (κ1) is 11.4. The van der Waals surface area contributed by atoms with Crippen LogP contribution in [0.1, 0.15) is 18.9 Å². The van der Waals surface area contributed by atoms with Gasteiger partial charge in [-0.25, -0.2) is 4.39 Å². The Morgan fingerprint density at radius 3 is 3.00 bits per heavy atom. The predicted octanol–water partition coefficient (Wildman–Crippen LogP) is 2.37. The summed E-state index contributed by atoms with van der Waals surface area (Å²) in [5, 5.41) is 2.68. The zero-order chi connectivity index (χ0) is 11.1. The average molecular weight is 207 g/mol. The van der Waals surface area contributed by atoms with Crippen molar-refractivity contribution in [1.29, 1.82) is 0 Å². The van der Waals surface area contributed by atoms with E-state index >= 15 is 0 Å². The number of halogens is 1. The van der Waals surface area contributed by atoms with E-state index in [1.54, 1.807) is 6.07 Å². The highest BCUT2D eigenvalue weighted by atomic mass is 19.1. The lowest BCUT2D eigenvalue weighted by Crippen LogP contribution is -2.20. The smallest absolute Gasteiger partial charge is 0.216 e. The summed E-state index contributed by atoms with van der Waals surface area (Å²) >= 11 is 0. The van der Waals surface area contributed by atoms with Crippen LogP contribution in [0.15, 0.2) is 30.3 Å². The Morgan fingerprint density at radius 2 is 2.33 bits per heavy atom. The highest BCUT2D eigenvalue weighted by molar-refractivity contribution is 5.72. The van der Waals surface area contributed by atoms with Crippen molar-refractivity contribution in [2.75, 3.05) is 6.54 Å². The van der Waals surface area contributed by atoms with Crippen molar-refractivity contribution in [2.24, 2.45) is 0 Å². The molecule has 0 saturated heterocycles. The molecule has 0 aliphatic rings. The second kappa shape index (κ2) is 5.96. The van der Waals surface area contributed by atoms with Gasteiger partial charge in [-0.15, -0.1) is 0 Å². The third kappa shape index (κ3) is 4.96. The van der Waals surface area contributed by atoms with Gasteiger partial charge in [0, 0.05) is 13.5 Å². The second-order valence-corrected chi connectivity index (χ2v) is 3.23. The van der Waals surface area contributed by atoms with Crippen LogP contribution >= 0.6 is 0 Å². The molecule has 1 amide bonds. The summed E-state index contributed by atoms with van der Waals surface area (Å²) in [5.41, 5.74) is 0.831. The molecule has 0 atom stereocenters. The Kier molecular flexibility index (Phi) is 4.54. The standard InChI is InChI=1S/C12H14FNO/c1-10(15)14-8-3-2-5-11-6-4-7-12(13)9-11/h2,4-7,9H,3,8H2,1H3,(H,14,15). The molecule has 0 bridgehead atoms. The van der Waals surface area contributed by atoms with Gasteiger partial charge in [0.1, 0.15) is 5.82 Å². The zero-order valence-corrected chi connectivity index (χ0v) is 8.66. The van der Waals surface area contributed by atoms with Crippen molar-refractivity contribution in [3.8, 4) is 0 Å². The Labute approximate surface area is 88.8 Å². The molecule has 0 heterocycles. The van der Waals surface area contributed by atoms with E-state index in [4.69, 9.17) is 0 Å². The van der Waals surface area contributed by atoms with Crippen LogP contribution in [0.5, 0.6) is 0 Å². The molecule has 0 aliphatic carbocycles. The van der Waals surface area contributed by atoms with E-state index in [1.165, 1.54) is 19.1 Å². The van der Waals surface area contributed by atoms with E-state index in [-0.39, 0.29) is 11.7 Å². The molecule has 0 spiro atoms. The monoisotopic (exact) mass is 207 g/mol. The van der Waals surface area contributed by atoms with Crippen LogP contribution in [0.25, 0.3) is 6.08 Å². The Balaban J connectivity index is 2.35. The maximum absolute atomic E-state index is 12.8. The van der Waals surface area contributed by atoms with Crippen molar-refractivity contribution in [3.05, 3.63) is 41.7 Å². The van der Waals surface area contributed by atoms with Gasteiger partial charge in [-0.3, -0.25) is 4.79 Å². The first-order valence-electron chi connectivity index (χ1n) is 4.85. The number of amides is 1. The topological polar surface area (TPSA) is 29.1 Å². The molecule has 3 heteroatoms. The van der Waals surface area contributed by atoms with Crippen LogP contribution in [-0.4, -0.2) is 12.5 Å². The molecule has 0 saturated carbocycles. The second-order valence-electron chi connectivity index (χ2n) is 3.23. The summed E-state index contributed by atoms with van der Waals surface area (Å²) < 4.78 is 12.8. The summed E-state index contributed by atoms with van der Waals surface area (Å²) in [6.45, 7) is 2.09. The highest BCUT2D eigenvalue weighted by Crippen LogP contribution is 2.05. The van der Waals surface area contributed by atoms with Gasteiger partial charge in [-0.05, 0) is 24.1 Å². The minimum absolute atomic E-state index is 0.0332. The third-order valence-corrected chi connectivity index (χ3v) is 1.84. The van der Waals surface area contributed by atoms with E-state index in [2.05, 4.69) is 5.32 Å². The Morgan fingerprint density at radius 1 is 1.53 bits per heavy atom. The van der Waals surface area contributed by atoms with Crippen molar-refractivity contribution < 1.29 is 9.18 Å². The molecule has 0 aliphatic heterocycles. The molecule has 2 nitrogen and oxygen atoms in total. The lowest BCUT2D eigenvalue weighted by Gasteiger charge is -1.97. The molecule has 1 rings (SSSR count). The van der Waals surface area contributed by atoms with Crippen LogP contribution in [0.4, 0.5) is 4.39 Å². The first-order valence-corrected chi connectivity index (χ1v) is 4.85. The maximum atomic E-state index is 12.8. The average Bonchev–Trinajstić information content (AvgIpc) is 2.17. The van der Waals surface area contributed by atoms with Crippen LogP contribution in [0, 0.1) is 5.82 Å². The molecular formula is C12H14FNO. The quantitative estimate of drug-likeness (QED) is 0.754. The van der Waals surface area contributed by atoms with E-state index in [9.17, 15) is 9.18 Å². The fourth-order valence-corrected chi connectivity index (χ4v) is 1.16. The van der Waals surface area contributed by atoms with Crippen molar-refractivity contribution in [1.82, 2.24) is 5.32 Å². The molecule has 1 aromatic rings. The largest absolute Gasteiger partial charge is 0.356 e. The summed E-state index contributed by atoms with van der Waals surface area (Å²) in [6, 6.07) is 6.38. The van der Waals surface area contributed by atoms with Gasteiger partial charge in [0.15, 0.2) is 0 Å². The fraction of sp³-hybridized carbons (Fsp3) is 0.250. The van der Waals surface area contributed by atoms with Gasteiger partial charge >= 0.3 is 0 Å². The van der Waals surface area contributed by atoms with Gasteiger partial charge in [-0.2, -0.15) is 0 Å². The molecule has 15 heavy (non-hydrogen) atoms. The van der Waals surface area contributed by atoms with E-state index in [0.29, 0.717) is 6.54 Å². The number of hydrogen-bond donors (Lipinski definition) is 1. The molecule has 1 N–H and O–H groups in total. The van der Waals surface area contributed by atoms with Gasteiger partial charge in [0.25, 0.3) is 0 Å². The fourth-order valence-electron chi connectivity index (χ4n) is 1.16. The maximum Gasteiger partial charge on any atom is 0.216 e. The summed E-state index contributed by atoms with van der Waals surface area (Å²) in [7, 11) is 0. The third-order valence-electron chi connectivity index (χ3n) is 1.84. The minimum Gasteiger partial charge on any atom is -0.356 e. The minimum atomic E-state index is -0.237. The molecule has 0 aromatic heterocycles. The molecule has 0 unspecified atom stereocenters. The van der Waals surface area contributed by atoms with Crippen LogP contribution in [0.3, 0.4) is 0 Å². The van der Waals surface area contributed by atoms with E-state index < -0.39 is 0 Å². The number of benzene rings is 1. The predicted molar refractivity (Wildman–Crippen MR) is 58.7 cm³/mol.